The second-order valence-electron chi connectivity index (χ2n) is 8.42. The van der Waals surface area contributed by atoms with Crippen LogP contribution in [0, 0.1) is 13.8 Å². The van der Waals surface area contributed by atoms with Crippen LogP contribution in [-0.2, 0) is 16.1 Å². The summed E-state index contributed by atoms with van der Waals surface area (Å²) in [6, 6.07) is 18.3. The van der Waals surface area contributed by atoms with E-state index in [1.165, 1.54) is 18.7 Å². The number of amidine groups is 1. The number of benzene rings is 2. The topological polar surface area (TPSA) is 91.7 Å². The smallest absolute Gasteiger partial charge is 0.243 e. The summed E-state index contributed by atoms with van der Waals surface area (Å²) in [7, 11) is 0. The molecule has 1 fully saturated rings. The maximum atomic E-state index is 13.3. The molecule has 0 radical (unpaired) electrons. The monoisotopic (exact) mass is 486 g/mol. The van der Waals surface area contributed by atoms with Crippen LogP contribution in [0.5, 0.6) is 0 Å². The van der Waals surface area contributed by atoms with Crippen molar-refractivity contribution in [3.63, 3.8) is 0 Å². The molecule has 1 aliphatic rings. The molecule has 4 rings (SSSR count). The van der Waals surface area contributed by atoms with E-state index in [0.29, 0.717) is 16.4 Å². The molecule has 1 unspecified atom stereocenters. The van der Waals surface area contributed by atoms with Gasteiger partial charge in [-0.15, -0.1) is 0 Å². The minimum atomic E-state index is -0.598. The first-order valence-corrected chi connectivity index (χ1v) is 12.1. The fourth-order valence-corrected chi connectivity index (χ4v) is 4.79. The Kier molecular flexibility index (Phi) is 7.41. The number of thioether (sulfide) groups is 1. The van der Waals surface area contributed by atoms with Crippen LogP contribution in [0.15, 0.2) is 71.9 Å². The number of ketones is 1. The average molecular weight is 487 g/mol. The van der Waals surface area contributed by atoms with E-state index in [9.17, 15) is 14.4 Å². The maximum Gasteiger partial charge on any atom is 0.243 e. The highest BCUT2D eigenvalue weighted by Crippen LogP contribution is 2.34. The van der Waals surface area contributed by atoms with E-state index in [4.69, 9.17) is 4.99 Å². The quantitative estimate of drug-likeness (QED) is 0.471. The Balaban J connectivity index is 1.54. The normalized spacial score (nSPS) is 16.5. The zero-order chi connectivity index (χ0) is 24.9. The minimum absolute atomic E-state index is 0.00248. The number of hydrogen-bond acceptors (Lipinski definition) is 6. The Bertz CT molecular complexity index is 1290. The van der Waals surface area contributed by atoms with Crippen LogP contribution in [0.3, 0.4) is 0 Å². The fraction of sp³-hybridized carbons (Fsp3) is 0.222. The number of aryl methyl sites for hydroxylation is 2. The van der Waals surface area contributed by atoms with Gasteiger partial charge < -0.3 is 5.32 Å². The molecule has 7 nitrogen and oxygen atoms in total. The number of aromatic nitrogens is 1. The number of nitrogens with zero attached hydrogens (tertiary/aromatic N) is 3. The number of rotatable bonds is 7. The van der Waals surface area contributed by atoms with E-state index in [1.54, 1.807) is 35.4 Å². The lowest BCUT2D eigenvalue weighted by atomic mass is 10.1. The van der Waals surface area contributed by atoms with Crippen LogP contribution in [0.4, 0.5) is 11.4 Å². The molecule has 0 saturated carbocycles. The molecule has 8 heteroatoms. The van der Waals surface area contributed by atoms with E-state index in [0.717, 1.165) is 22.5 Å². The van der Waals surface area contributed by atoms with Crippen molar-refractivity contribution in [2.45, 2.75) is 39.0 Å². The van der Waals surface area contributed by atoms with Gasteiger partial charge in [0.15, 0.2) is 11.0 Å². The number of amides is 2. The molecule has 1 saturated heterocycles. The van der Waals surface area contributed by atoms with Gasteiger partial charge in [-0.25, -0.2) is 4.99 Å². The van der Waals surface area contributed by atoms with Crippen LogP contribution >= 0.6 is 11.8 Å². The molecule has 1 N–H and O–H groups in total. The van der Waals surface area contributed by atoms with Crippen molar-refractivity contribution in [3.8, 4) is 0 Å². The van der Waals surface area contributed by atoms with Gasteiger partial charge in [-0.3, -0.25) is 24.3 Å². The number of aliphatic imine (C=N–C) groups is 1. The SMILES string of the molecule is CC(=O)c1ccc(NC(=O)CC2SC(=Nc3cc(C)ccc3C)N(Cc3ccccn3)C2=O)cc1. The van der Waals surface area contributed by atoms with Gasteiger partial charge in [-0.05, 0) is 74.4 Å². The number of carbonyl (C=O) groups is 3. The second kappa shape index (κ2) is 10.7. The second-order valence-corrected chi connectivity index (χ2v) is 9.59. The Hall–Kier alpha value is -3.78. The fourth-order valence-electron chi connectivity index (χ4n) is 3.64. The lowest BCUT2D eigenvalue weighted by Gasteiger charge is -2.16. The van der Waals surface area contributed by atoms with Gasteiger partial charge in [0.05, 0.1) is 17.9 Å². The zero-order valence-corrected chi connectivity index (χ0v) is 20.6. The molecular weight excluding hydrogens is 460 g/mol. The highest BCUT2D eigenvalue weighted by atomic mass is 32.2. The van der Waals surface area contributed by atoms with Crippen molar-refractivity contribution in [3.05, 3.63) is 89.2 Å². The summed E-state index contributed by atoms with van der Waals surface area (Å²) in [4.78, 5) is 48.3. The molecule has 1 aliphatic heterocycles. The first-order chi connectivity index (χ1) is 16.8. The highest BCUT2D eigenvalue weighted by Gasteiger charge is 2.39. The summed E-state index contributed by atoms with van der Waals surface area (Å²) >= 11 is 1.29. The average Bonchev–Trinajstić information content (AvgIpc) is 3.11. The molecule has 2 aromatic carbocycles. The van der Waals surface area contributed by atoms with Gasteiger partial charge >= 0.3 is 0 Å². The first kappa shape index (κ1) is 24.3. The Morgan fingerprint density at radius 2 is 1.86 bits per heavy atom. The summed E-state index contributed by atoms with van der Waals surface area (Å²) in [6.07, 6.45) is 1.69. The molecular formula is C27H26N4O3S. The highest BCUT2D eigenvalue weighted by molar-refractivity contribution is 8.15. The van der Waals surface area contributed by atoms with Crippen molar-refractivity contribution in [2.75, 3.05) is 5.32 Å². The molecule has 2 amide bonds. The number of nitrogens with one attached hydrogen (secondary N) is 1. The summed E-state index contributed by atoms with van der Waals surface area (Å²) in [5.41, 5.74) is 4.76. The van der Waals surface area contributed by atoms with Crippen molar-refractivity contribution < 1.29 is 14.4 Å². The maximum absolute atomic E-state index is 13.3. The third kappa shape index (κ3) is 6.02. The van der Waals surface area contributed by atoms with Crippen molar-refractivity contribution in [1.29, 1.82) is 0 Å². The Morgan fingerprint density at radius 1 is 1.09 bits per heavy atom. The molecule has 1 aromatic heterocycles. The van der Waals surface area contributed by atoms with Crippen LogP contribution in [0.25, 0.3) is 0 Å². The molecule has 1 atom stereocenters. The molecule has 3 aromatic rings. The largest absolute Gasteiger partial charge is 0.326 e. The van der Waals surface area contributed by atoms with E-state index in [-0.39, 0.29) is 30.6 Å². The lowest BCUT2D eigenvalue weighted by molar-refractivity contribution is -0.128. The van der Waals surface area contributed by atoms with Crippen LogP contribution in [0.1, 0.15) is 40.5 Å². The molecule has 2 heterocycles. The Labute approximate surface area is 208 Å². The summed E-state index contributed by atoms with van der Waals surface area (Å²) in [5, 5.41) is 2.77. The van der Waals surface area contributed by atoms with E-state index in [2.05, 4.69) is 10.3 Å². The van der Waals surface area contributed by atoms with E-state index in [1.807, 2.05) is 50.2 Å². The predicted octanol–water partition coefficient (Wildman–Crippen LogP) is 5.06. The van der Waals surface area contributed by atoms with Crippen LogP contribution in [-0.4, -0.2) is 37.9 Å². The van der Waals surface area contributed by atoms with E-state index < -0.39 is 5.25 Å². The van der Waals surface area contributed by atoms with Gasteiger partial charge in [-0.2, -0.15) is 0 Å². The van der Waals surface area contributed by atoms with Gasteiger partial charge in [0.2, 0.25) is 11.8 Å². The van der Waals surface area contributed by atoms with Crippen molar-refractivity contribution in [1.82, 2.24) is 9.88 Å². The van der Waals surface area contributed by atoms with E-state index >= 15 is 0 Å². The van der Waals surface area contributed by atoms with Crippen LogP contribution < -0.4 is 5.32 Å². The van der Waals surface area contributed by atoms with Gasteiger partial charge in [0.1, 0.15) is 5.25 Å². The number of anilines is 1. The van der Waals surface area contributed by atoms with Gasteiger partial charge in [0, 0.05) is 23.9 Å². The summed E-state index contributed by atoms with van der Waals surface area (Å²) in [5.74, 6) is -0.497. The third-order valence-electron chi connectivity index (χ3n) is 5.59. The minimum Gasteiger partial charge on any atom is -0.326 e. The summed E-state index contributed by atoms with van der Waals surface area (Å²) in [6.45, 7) is 5.75. The van der Waals surface area contributed by atoms with Gasteiger partial charge in [0.25, 0.3) is 0 Å². The number of pyridine rings is 1. The number of hydrogen-bond donors (Lipinski definition) is 1. The molecule has 0 bridgehead atoms. The van der Waals surface area contributed by atoms with Crippen molar-refractivity contribution in [2.24, 2.45) is 4.99 Å². The Morgan fingerprint density at radius 3 is 2.54 bits per heavy atom. The number of carbonyl (C=O) groups excluding carboxylic acids is 3. The lowest BCUT2D eigenvalue weighted by Crippen LogP contribution is -2.33. The zero-order valence-electron chi connectivity index (χ0n) is 19.8. The third-order valence-corrected chi connectivity index (χ3v) is 6.77. The first-order valence-electron chi connectivity index (χ1n) is 11.2. The standard InChI is InChI=1S/C27H26N4O3S/c1-17-7-8-18(2)23(14-17)30-27-31(16-22-6-4-5-13-28-22)26(34)24(35-27)15-25(33)29-21-11-9-20(10-12-21)19(3)32/h4-14,24H,15-16H2,1-3H3,(H,29,33). The molecule has 0 aliphatic carbocycles. The number of Topliss-reactive ketones (excluding diaryl/α,β-unsaturated/α-hetero) is 1. The van der Waals surface area contributed by atoms with Crippen LogP contribution in [0.2, 0.25) is 0 Å². The summed E-state index contributed by atoms with van der Waals surface area (Å²) < 4.78 is 0. The molecule has 178 valence electrons. The molecule has 35 heavy (non-hydrogen) atoms. The predicted molar refractivity (Wildman–Crippen MR) is 139 cm³/mol. The van der Waals surface area contributed by atoms with Crippen molar-refractivity contribution >= 4 is 45.9 Å². The van der Waals surface area contributed by atoms with Gasteiger partial charge in [-0.1, -0.05) is 30.0 Å². The molecule has 0 spiro atoms.